The minimum Gasteiger partial charge on any atom is -0.497 e. The number of benzene rings is 1. The molecule has 0 aliphatic carbocycles. The largest absolute Gasteiger partial charge is 0.497 e. The lowest BCUT2D eigenvalue weighted by Gasteiger charge is -2.05. The maximum Gasteiger partial charge on any atom is 0.188 e. The van der Waals surface area contributed by atoms with Crippen LogP contribution in [0.4, 0.5) is 0 Å². The lowest BCUT2D eigenvalue weighted by atomic mass is 10.1. The summed E-state index contributed by atoms with van der Waals surface area (Å²) in [4.78, 5) is 11.9. The number of rotatable bonds is 6. The minimum atomic E-state index is -0.00190. The summed E-state index contributed by atoms with van der Waals surface area (Å²) in [5.41, 5.74) is 0.662. The Kier molecular flexibility index (Phi) is 5.63. The SMILES string of the molecule is CCN/C(=C/C(=O)c1ccc(OC)cc1)SC. The lowest BCUT2D eigenvalue weighted by molar-refractivity contribution is 0.104. The average molecular weight is 251 g/mol. The van der Waals surface area contributed by atoms with Gasteiger partial charge in [0.1, 0.15) is 5.75 Å². The molecule has 4 heteroatoms. The second-order valence-corrected chi connectivity index (χ2v) is 4.18. The van der Waals surface area contributed by atoms with Gasteiger partial charge < -0.3 is 10.1 Å². The highest BCUT2D eigenvalue weighted by Crippen LogP contribution is 2.14. The van der Waals surface area contributed by atoms with Gasteiger partial charge >= 0.3 is 0 Å². The Balaban J connectivity index is 2.80. The van der Waals surface area contributed by atoms with Gasteiger partial charge in [0.25, 0.3) is 0 Å². The molecule has 0 aliphatic heterocycles. The monoisotopic (exact) mass is 251 g/mol. The Hall–Kier alpha value is -1.42. The van der Waals surface area contributed by atoms with Gasteiger partial charge in [0.15, 0.2) is 5.78 Å². The zero-order chi connectivity index (χ0) is 12.7. The molecule has 0 heterocycles. The molecule has 1 rings (SSSR count). The van der Waals surface area contributed by atoms with E-state index >= 15 is 0 Å². The van der Waals surface area contributed by atoms with Crippen molar-refractivity contribution in [1.82, 2.24) is 5.32 Å². The predicted octanol–water partition coefficient (Wildman–Crippen LogP) is 2.69. The van der Waals surface area contributed by atoms with Gasteiger partial charge in [-0.3, -0.25) is 4.79 Å². The summed E-state index contributed by atoms with van der Waals surface area (Å²) in [5, 5.41) is 4.02. The van der Waals surface area contributed by atoms with E-state index in [1.54, 1.807) is 37.5 Å². The van der Waals surface area contributed by atoms with E-state index in [9.17, 15) is 4.79 Å². The minimum absolute atomic E-state index is 0.00190. The second-order valence-electron chi connectivity index (χ2n) is 3.34. The molecule has 17 heavy (non-hydrogen) atoms. The highest BCUT2D eigenvalue weighted by atomic mass is 32.2. The molecule has 0 fully saturated rings. The smallest absolute Gasteiger partial charge is 0.188 e. The molecule has 0 amide bonds. The van der Waals surface area contributed by atoms with Crippen molar-refractivity contribution >= 4 is 17.5 Å². The van der Waals surface area contributed by atoms with Crippen molar-refractivity contribution in [2.24, 2.45) is 0 Å². The fourth-order valence-corrected chi connectivity index (χ4v) is 1.83. The zero-order valence-corrected chi connectivity index (χ0v) is 11.1. The molecule has 0 aliphatic rings. The van der Waals surface area contributed by atoms with E-state index in [0.717, 1.165) is 17.3 Å². The van der Waals surface area contributed by atoms with Crippen LogP contribution in [-0.2, 0) is 0 Å². The zero-order valence-electron chi connectivity index (χ0n) is 10.3. The molecule has 1 aromatic carbocycles. The summed E-state index contributed by atoms with van der Waals surface area (Å²) in [7, 11) is 1.60. The Morgan fingerprint density at radius 3 is 2.53 bits per heavy atom. The van der Waals surface area contributed by atoms with E-state index in [-0.39, 0.29) is 5.78 Å². The number of nitrogens with one attached hydrogen (secondary N) is 1. The van der Waals surface area contributed by atoms with Crippen LogP contribution >= 0.6 is 11.8 Å². The van der Waals surface area contributed by atoms with E-state index in [1.807, 2.05) is 13.2 Å². The van der Waals surface area contributed by atoms with Gasteiger partial charge in [-0.25, -0.2) is 0 Å². The predicted molar refractivity (Wildman–Crippen MR) is 72.6 cm³/mol. The number of methoxy groups -OCH3 is 1. The number of carbonyl (C=O) groups is 1. The van der Waals surface area contributed by atoms with Crippen LogP contribution in [0.2, 0.25) is 0 Å². The van der Waals surface area contributed by atoms with Gasteiger partial charge in [0.05, 0.1) is 12.1 Å². The summed E-state index contributed by atoms with van der Waals surface area (Å²) >= 11 is 1.53. The summed E-state index contributed by atoms with van der Waals surface area (Å²) < 4.78 is 5.05. The van der Waals surface area contributed by atoms with Gasteiger partial charge in [0, 0.05) is 18.2 Å². The van der Waals surface area contributed by atoms with Gasteiger partial charge in [0.2, 0.25) is 0 Å². The Morgan fingerprint density at radius 1 is 1.41 bits per heavy atom. The quantitative estimate of drug-likeness (QED) is 0.623. The number of hydrogen-bond acceptors (Lipinski definition) is 4. The van der Waals surface area contributed by atoms with Crippen LogP contribution in [0.5, 0.6) is 5.75 Å². The molecular weight excluding hydrogens is 234 g/mol. The Bertz CT molecular complexity index is 398. The van der Waals surface area contributed by atoms with Crippen LogP contribution in [0.1, 0.15) is 17.3 Å². The number of ketones is 1. The molecule has 0 saturated carbocycles. The van der Waals surface area contributed by atoms with Crippen molar-refractivity contribution < 1.29 is 9.53 Å². The van der Waals surface area contributed by atoms with Gasteiger partial charge in [-0.05, 0) is 37.4 Å². The number of allylic oxidation sites excluding steroid dienone is 1. The highest BCUT2D eigenvalue weighted by molar-refractivity contribution is 8.02. The van der Waals surface area contributed by atoms with Crippen LogP contribution < -0.4 is 10.1 Å². The van der Waals surface area contributed by atoms with Crippen molar-refractivity contribution in [3.63, 3.8) is 0 Å². The fraction of sp³-hybridized carbons (Fsp3) is 0.308. The molecule has 92 valence electrons. The van der Waals surface area contributed by atoms with Crippen molar-refractivity contribution in [2.45, 2.75) is 6.92 Å². The first kappa shape index (κ1) is 13.6. The molecular formula is C13H17NO2S. The van der Waals surface area contributed by atoms with Crippen molar-refractivity contribution in [3.8, 4) is 5.75 Å². The summed E-state index contributed by atoms with van der Waals surface area (Å²) in [6.45, 7) is 2.81. The lowest BCUT2D eigenvalue weighted by Crippen LogP contribution is -2.11. The van der Waals surface area contributed by atoms with Crippen LogP contribution in [0.3, 0.4) is 0 Å². The highest BCUT2D eigenvalue weighted by Gasteiger charge is 2.04. The first-order chi connectivity index (χ1) is 8.21. The van der Waals surface area contributed by atoms with E-state index in [4.69, 9.17) is 4.74 Å². The standard InChI is InChI=1S/C13H17NO2S/c1-4-14-13(17-3)9-12(15)10-5-7-11(16-2)8-6-10/h5-9,14H,4H2,1-3H3/b13-9-. The van der Waals surface area contributed by atoms with Gasteiger partial charge in [-0.15, -0.1) is 11.8 Å². The summed E-state index contributed by atoms with van der Waals surface area (Å²) in [6, 6.07) is 7.10. The molecule has 0 aromatic heterocycles. The molecule has 1 N–H and O–H groups in total. The molecule has 0 bridgehead atoms. The molecule has 0 saturated heterocycles. The third-order valence-corrected chi connectivity index (χ3v) is 2.91. The topological polar surface area (TPSA) is 38.3 Å². The van der Waals surface area contributed by atoms with Gasteiger partial charge in [-0.2, -0.15) is 0 Å². The molecule has 1 aromatic rings. The number of thioether (sulfide) groups is 1. The van der Waals surface area contributed by atoms with E-state index < -0.39 is 0 Å². The van der Waals surface area contributed by atoms with Crippen LogP contribution in [0.15, 0.2) is 35.4 Å². The second kappa shape index (κ2) is 7.01. The molecule has 0 unspecified atom stereocenters. The Morgan fingerprint density at radius 2 is 2.06 bits per heavy atom. The van der Waals surface area contributed by atoms with Crippen molar-refractivity contribution in [2.75, 3.05) is 19.9 Å². The average Bonchev–Trinajstić information content (AvgIpc) is 2.38. The van der Waals surface area contributed by atoms with Gasteiger partial charge in [-0.1, -0.05) is 0 Å². The number of ether oxygens (including phenoxy) is 1. The van der Waals surface area contributed by atoms with E-state index in [0.29, 0.717) is 5.56 Å². The summed E-state index contributed by atoms with van der Waals surface area (Å²) in [6.07, 6.45) is 3.56. The number of hydrogen-bond donors (Lipinski definition) is 1. The maximum absolute atomic E-state index is 11.9. The van der Waals surface area contributed by atoms with Crippen molar-refractivity contribution in [1.29, 1.82) is 0 Å². The third-order valence-electron chi connectivity index (χ3n) is 2.21. The van der Waals surface area contributed by atoms with Crippen LogP contribution in [0, 0.1) is 0 Å². The van der Waals surface area contributed by atoms with E-state index in [1.165, 1.54) is 11.8 Å². The first-order valence-electron chi connectivity index (χ1n) is 5.39. The van der Waals surface area contributed by atoms with E-state index in [2.05, 4.69) is 5.32 Å². The molecule has 3 nitrogen and oxygen atoms in total. The Labute approximate surface area is 106 Å². The van der Waals surface area contributed by atoms with Crippen molar-refractivity contribution in [3.05, 3.63) is 40.9 Å². The molecule has 0 radical (unpaired) electrons. The molecule has 0 atom stereocenters. The fourth-order valence-electron chi connectivity index (χ4n) is 1.31. The first-order valence-corrected chi connectivity index (χ1v) is 6.61. The number of carbonyl (C=O) groups excluding carboxylic acids is 1. The molecule has 0 spiro atoms. The maximum atomic E-state index is 11.9. The third kappa shape index (κ3) is 4.15. The van der Waals surface area contributed by atoms with Crippen LogP contribution in [-0.4, -0.2) is 25.7 Å². The van der Waals surface area contributed by atoms with Crippen LogP contribution in [0.25, 0.3) is 0 Å². The normalized spacial score (nSPS) is 11.1. The summed E-state index contributed by atoms with van der Waals surface area (Å²) in [5.74, 6) is 0.750.